The van der Waals surface area contributed by atoms with Crippen LogP contribution in [0.3, 0.4) is 0 Å². The van der Waals surface area contributed by atoms with Crippen LogP contribution in [0.25, 0.3) is 0 Å². The molecule has 2 aliphatic rings. The summed E-state index contributed by atoms with van der Waals surface area (Å²) in [4.78, 5) is 12.1. The number of carbonyl (C=O) groups is 1. The molecule has 0 aromatic heterocycles. The highest BCUT2D eigenvalue weighted by Gasteiger charge is 2.47. The van der Waals surface area contributed by atoms with Crippen molar-refractivity contribution in [3.05, 3.63) is 24.3 Å². The topological polar surface area (TPSA) is 84.9 Å². The first kappa shape index (κ1) is 21.8. The van der Waals surface area contributed by atoms with Gasteiger partial charge in [-0.15, -0.1) is 0 Å². The van der Waals surface area contributed by atoms with Gasteiger partial charge in [0.05, 0.1) is 4.90 Å². The molecule has 29 heavy (non-hydrogen) atoms. The average molecular weight is 432 g/mol. The van der Waals surface area contributed by atoms with E-state index in [1.807, 2.05) is 0 Å². The van der Waals surface area contributed by atoms with Crippen molar-refractivity contribution in [1.29, 1.82) is 0 Å². The number of carbonyl (C=O) groups excluding carboxylic acids is 1. The lowest BCUT2D eigenvalue weighted by atomic mass is 10.00. The summed E-state index contributed by atoms with van der Waals surface area (Å²) < 4.78 is 61.9. The molecule has 1 N–H and O–H groups in total. The van der Waals surface area contributed by atoms with E-state index in [0.29, 0.717) is 25.7 Å². The van der Waals surface area contributed by atoms with E-state index in [1.165, 1.54) is 28.6 Å². The second kappa shape index (κ2) is 8.06. The molecule has 10 heteroatoms. The molecule has 1 amide bonds. The molecule has 3 rings (SSSR count). The zero-order chi connectivity index (χ0) is 21.4. The Labute approximate surface area is 169 Å². The van der Waals surface area contributed by atoms with Gasteiger partial charge in [-0.3, -0.25) is 0 Å². The summed E-state index contributed by atoms with van der Waals surface area (Å²) in [5.74, 6) is -0.0952. The molecule has 7 nitrogen and oxygen atoms in total. The van der Waals surface area contributed by atoms with Gasteiger partial charge in [0.15, 0.2) is 0 Å². The molecule has 2 fully saturated rings. The normalized spacial score (nSPS) is 25.1. The first-order valence-electron chi connectivity index (χ1n) is 9.53. The number of fused-ring (bicyclic) bond motifs is 2. The fourth-order valence-electron chi connectivity index (χ4n) is 4.03. The quantitative estimate of drug-likeness (QED) is 0.770. The van der Waals surface area contributed by atoms with E-state index in [0.717, 1.165) is 0 Å². The van der Waals surface area contributed by atoms with Gasteiger partial charge in [-0.2, -0.15) is 13.1 Å². The Hall–Kier alpha value is -1.94. The number of halogens is 2. The van der Waals surface area contributed by atoms with Crippen molar-refractivity contribution in [2.75, 3.05) is 0 Å². The standard InChI is InChI=1S/C19H26F2N2O5S/c1-19(2,3)28-18(24)22-12-10-13-4-5-14(11-12)23(13)29(25,26)16-8-6-15(7-9-16)27-17(20)21/h6-9,12-14,17H,4-5,10-11H2,1-3H3,(H,22,24)/t12?,13-,14+. The van der Waals surface area contributed by atoms with E-state index in [2.05, 4.69) is 10.1 Å². The van der Waals surface area contributed by atoms with Crippen LogP contribution in [-0.4, -0.2) is 49.2 Å². The summed E-state index contributed by atoms with van der Waals surface area (Å²) in [5.41, 5.74) is -0.604. The smallest absolute Gasteiger partial charge is 0.407 e. The number of ether oxygens (including phenoxy) is 2. The molecule has 1 aromatic rings. The third-order valence-electron chi connectivity index (χ3n) is 5.01. The molecule has 3 atom stereocenters. The molecule has 0 radical (unpaired) electrons. The Morgan fingerprint density at radius 3 is 2.17 bits per heavy atom. The van der Waals surface area contributed by atoms with Gasteiger partial charge in [-0.25, -0.2) is 13.2 Å². The second-order valence-electron chi connectivity index (χ2n) is 8.38. The predicted molar refractivity (Wildman–Crippen MR) is 101 cm³/mol. The number of hydrogen-bond donors (Lipinski definition) is 1. The lowest BCUT2D eigenvalue weighted by molar-refractivity contribution is -0.0498. The van der Waals surface area contributed by atoms with Gasteiger partial charge in [0.25, 0.3) is 0 Å². The minimum absolute atomic E-state index is 0.0366. The molecule has 2 saturated heterocycles. The van der Waals surface area contributed by atoms with Gasteiger partial charge in [0.1, 0.15) is 11.4 Å². The molecule has 1 unspecified atom stereocenters. The predicted octanol–water partition coefficient (Wildman–Crippen LogP) is 3.50. The summed E-state index contributed by atoms with van der Waals surface area (Å²) >= 11 is 0. The van der Waals surface area contributed by atoms with E-state index in [4.69, 9.17) is 4.74 Å². The molecule has 2 aliphatic heterocycles. The van der Waals surface area contributed by atoms with Crippen LogP contribution in [0.5, 0.6) is 5.75 Å². The second-order valence-corrected chi connectivity index (χ2v) is 10.2. The fourth-order valence-corrected chi connectivity index (χ4v) is 5.92. The van der Waals surface area contributed by atoms with E-state index >= 15 is 0 Å². The number of piperidine rings is 1. The zero-order valence-electron chi connectivity index (χ0n) is 16.6. The minimum Gasteiger partial charge on any atom is -0.444 e. The van der Waals surface area contributed by atoms with Gasteiger partial charge in [0, 0.05) is 18.1 Å². The largest absolute Gasteiger partial charge is 0.444 e. The number of alkyl carbamates (subject to hydrolysis) is 1. The maximum atomic E-state index is 13.1. The van der Waals surface area contributed by atoms with Crippen molar-refractivity contribution in [3.63, 3.8) is 0 Å². The minimum atomic E-state index is -3.78. The van der Waals surface area contributed by atoms with Crippen LogP contribution in [0.4, 0.5) is 13.6 Å². The van der Waals surface area contributed by atoms with Crippen molar-refractivity contribution >= 4 is 16.1 Å². The Kier molecular flexibility index (Phi) is 6.05. The van der Waals surface area contributed by atoms with E-state index in [-0.39, 0.29) is 28.8 Å². The van der Waals surface area contributed by atoms with Crippen LogP contribution in [0, 0.1) is 0 Å². The monoisotopic (exact) mass is 432 g/mol. The van der Waals surface area contributed by atoms with Crippen LogP contribution in [0.1, 0.15) is 46.5 Å². The number of alkyl halides is 2. The van der Waals surface area contributed by atoms with Crippen molar-refractivity contribution in [2.45, 2.75) is 81.7 Å². The van der Waals surface area contributed by atoms with Crippen LogP contribution >= 0.6 is 0 Å². The molecular weight excluding hydrogens is 406 g/mol. The number of benzene rings is 1. The SMILES string of the molecule is CC(C)(C)OC(=O)NC1C[C@H]2CC[C@@H](C1)N2S(=O)(=O)c1ccc(OC(F)F)cc1. The summed E-state index contributed by atoms with van der Waals surface area (Å²) in [6, 6.07) is 4.38. The molecule has 0 saturated carbocycles. The van der Waals surface area contributed by atoms with E-state index in [9.17, 15) is 22.0 Å². The van der Waals surface area contributed by atoms with Crippen LogP contribution in [0.15, 0.2) is 29.2 Å². The molecule has 0 spiro atoms. The van der Waals surface area contributed by atoms with E-state index < -0.39 is 28.3 Å². The molecule has 162 valence electrons. The summed E-state index contributed by atoms with van der Waals surface area (Å²) in [6.45, 7) is 2.37. The third kappa shape index (κ3) is 5.16. The number of amides is 1. The van der Waals surface area contributed by atoms with Crippen molar-refractivity contribution in [2.24, 2.45) is 0 Å². The van der Waals surface area contributed by atoms with E-state index in [1.54, 1.807) is 20.8 Å². The summed E-state index contributed by atoms with van der Waals surface area (Å²) in [5, 5.41) is 2.84. The summed E-state index contributed by atoms with van der Waals surface area (Å²) in [6.07, 6.45) is 1.92. The Morgan fingerprint density at radius 1 is 1.14 bits per heavy atom. The third-order valence-corrected chi connectivity index (χ3v) is 7.03. The maximum Gasteiger partial charge on any atom is 0.407 e. The molecule has 2 bridgehead atoms. The van der Waals surface area contributed by atoms with Gasteiger partial charge >= 0.3 is 12.7 Å². The molecule has 2 heterocycles. The average Bonchev–Trinajstić information content (AvgIpc) is 2.85. The van der Waals surface area contributed by atoms with Crippen LogP contribution in [-0.2, 0) is 14.8 Å². The first-order valence-corrected chi connectivity index (χ1v) is 11.0. The lowest BCUT2D eigenvalue weighted by Gasteiger charge is -2.38. The maximum absolute atomic E-state index is 13.1. The number of nitrogens with one attached hydrogen (secondary N) is 1. The first-order chi connectivity index (χ1) is 13.5. The highest BCUT2D eigenvalue weighted by Crippen LogP contribution is 2.40. The molecular formula is C19H26F2N2O5S. The Morgan fingerprint density at radius 2 is 1.69 bits per heavy atom. The van der Waals surface area contributed by atoms with Gasteiger partial charge in [0.2, 0.25) is 10.0 Å². The number of sulfonamides is 1. The van der Waals surface area contributed by atoms with Crippen LogP contribution < -0.4 is 10.1 Å². The Balaban J connectivity index is 1.69. The van der Waals surface area contributed by atoms with Crippen LogP contribution in [0.2, 0.25) is 0 Å². The van der Waals surface area contributed by atoms with Crippen molar-refractivity contribution < 1.29 is 31.5 Å². The number of nitrogens with zero attached hydrogens (tertiary/aromatic N) is 1. The van der Waals surface area contributed by atoms with Crippen molar-refractivity contribution in [3.8, 4) is 5.75 Å². The fraction of sp³-hybridized carbons (Fsp3) is 0.632. The van der Waals surface area contributed by atoms with Gasteiger partial charge in [-0.05, 0) is 70.7 Å². The highest BCUT2D eigenvalue weighted by molar-refractivity contribution is 7.89. The van der Waals surface area contributed by atoms with Crippen molar-refractivity contribution in [1.82, 2.24) is 9.62 Å². The van der Waals surface area contributed by atoms with Gasteiger partial charge in [-0.1, -0.05) is 0 Å². The Bertz CT molecular complexity index is 825. The highest BCUT2D eigenvalue weighted by atomic mass is 32.2. The zero-order valence-corrected chi connectivity index (χ0v) is 17.4. The van der Waals surface area contributed by atoms with Gasteiger partial charge < -0.3 is 14.8 Å². The number of rotatable bonds is 5. The molecule has 0 aliphatic carbocycles. The lowest BCUT2D eigenvalue weighted by Crippen LogP contribution is -2.52. The number of hydrogen-bond acceptors (Lipinski definition) is 5. The molecule has 1 aromatic carbocycles. The summed E-state index contributed by atoms with van der Waals surface area (Å²) in [7, 11) is -3.78.